The van der Waals surface area contributed by atoms with Gasteiger partial charge >= 0.3 is 0 Å². The molecule has 28 heavy (non-hydrogen) atoms. The zero-order valence-corrected chi connectivity index (χ0v) is 15.6. The number of allylic oxidation sites excluding steroid dienone is 2. The van der Waals surface area contributed by atoms with E-state index in [-0.39, 0.29) is 22.3 Å². The fourth-order valence-electron chi connectivity index (χ4n) is 6.65. The van der Waals surface area contributed by atoms with E-state index in [1.807, 2.05) is 12.1 Å². The highest BCUT2D eigenvalue weighted by Crippen LogP contribution is 2.66. The highest BCUT2D eigenvalue weighted by Gasteiger charge is 2.72. The van der Waals surface area contributed by atoms with Crippen molar-refractivity contribution in [3.05, 3.63) is 46.5 Å². The Balaban J connectivity index is 1.45. The summed E-state index contributed by atoms with van der Waals surface area (Å²) in [5.74, 6) is 2.29. The molecule has 1 aromatic rings. The molecule has 0 N–H and O–H groups in total. The SMILES string of the molecule is O=[N+]([O-])c1ccc(N2N=N[C@H]3[C@H]4C[C@H]([C@H]5C=CC[C@@H]54)[C@@]32N2CCOCC2)cc1. The summed E-state index contributed by atoms with van der Waals surface area (Å²) in [7, 11) is 0. The largest absolute Gasteiger partial charge is 0.379 e. The number of rotatable bonds is 3. The molecular formula is C20H23N5O3. The Hall–Kier alpha value is -2.32. The zero-order valence-electron chi connectivity index (χ0n) is 15.6. The van der Waals surface area contributed by atoms with Crippen LogP contribution in [0.25, 0.3) is 0 Å². The number of hydrogen-bond acceptors (Lipinski definition) is 7. The molecule has 1 aromatic carbocycles. The molecule has 2 aliphatic heterocycles. The molecule has 2 saturated carbocycles. The quantitative estimate of drug-likeness (QED) is 0.457. The van der Waals surface area contributed by atoms with Crippen LogP contribution in [-0.2, 0) is 4.74 Å². The number of ether oxygens (including phenoxy) is 1. The fourth-order valence-corrected chi connectivity index (χ4v) is 6.65. The number of nitro benzene ring substituents is 1. The normalized spacial score (nSPS) is 40.9. The number of morpholine rings is 1. The van der Waals surface area contributed by atoms with Gasteiger partial charge in [-0.2, -0.15) is 5.11 Å². The van der Waals surface area contributed by atoms with Gasteiger partial charge in [-0.25, -0.2) is 5.01 Å². The van der Waals surface area contributed by atoms with Gasteiger partial charge < -0.3 is 4.74 Å². The molecule has 8 nitrogen and oxygen atoms in total. The van der Waals surface area contributed by atoms with Crippen molar-refractivity contribution in [2.75, 3.05) is 31.3 Å². The predicted octanol–water partition coefficient (Wildman–Crippen LogP) is 3.02. The molecule has 8 heteroatoms. The third-order valence-electron chi connectivity index (χ3n) is 7.62. The summed E-state index contributed by atoms with van der Waals surface area (Å²) in [5.41, 5.74) is 0.707. The molecule has 0 unspecified atom stereocenters. The minimum Gasteiger partial charge on any atom is -0.379 e. The molecule has 1 saturated heterocycles. The van der Waals surface area contributed by atoms with E-state index in [4.69, 9.17) is 9.85 Å². The van der Waals surface area contributed by atoms with E-state index < -0.39 is 0 Å². The second-order valence-electron chi connectivity index (χ2n) is 8.53. The van der Waals surface area contributed by atoms with Crippen LogP contribution < -0.4 is 5.01 Å². The van der Waals surface area contributed by atoms with Crippen molar-refractivity contribution >= 4 is 11.4 Å². The van der Waals surface area contributed by atoms with E-state index in [1.165, 1.54) is 6.42 Å². The van der Waals surface area contributed by atoms with Crippen molar-refractivity contribution in [2.45, 2.75) is 24.5 Å². The predicted molar refractivity (Wildman–Crippen MR) is 102 cm³/mol. The van der Waals surface area contributed by atoms with Crippen LogP contribution in [0.2, 0.25) is 0 Å². The summed E-state index contributed by atoms with van der Waals surface area (Å²) in [5, 5.41) is 22.6. The van der Waals surface area contributed by atoms with Gasteiger partial charge in [-0.15, -0.1) is 0 Å². The van der Waals surface area contributed by atoms with E-state index >= 15 is 0 Å². The van der Waals surface area contributed by atoms with Gasteiger partial charge in [0, 0.05) is 31.1 Å². The maximum Gasteiger partial charge on any atom is 0.269 e. The third kappa shape index (κ3) is 1.97. The Morgan fingerprint density at radius 1 is 1.18 bits per heavy atom. The van der Waals surface area contributed by atoms with Crippen LogP contribution >= 0.6 is 0 Å². The first-order valence-electron chi connectivity index (χ1n) is 10.2. The van der Waals surface area contributed by atoms with E-state index in [9.17, 15) is 10.1 Å². The molecule has 2 heterocycles. The molecule has 3 fully saturated rings. The third-order valence-corrected chi connectivity index (χ3v) is 7.62. The minimum atomic E-state index is -0.360. The second kappa shape index (κ2) is 5.84. The average molecular weight is 381 g/mol. The minimum absolute atomic E-state index is 0.101. The van der Waals surface area contributed by atoms with Gasteiger partial charge in [0.25, 0.3) is 5.69 Å². The Bertz CT molecular complexity index is 865. The zero-order chi connectivity index (χ0) is 18.9. The van der Waals surface area contributed by atoms with Gasteiger partial charge in [-0.05, 0) is 42.7 Å². The monoisotopic (exact) mass is 381 g/mol. The average Bonchev–Trinajstić information content (AvgIpc) is 3.46. The number of benzene rings is 1. The lowest BCUT2D eigenvalue weighted by Crippen LogP contribution is -2.69. The lowest BCUT2D eigenvalue weighted by Gasteiger charge is -2.53. The highest BCUT2D eigenvalue weighted by atomic mass is 16.6. The van der Waals surface area contributed by atoms with Crippen LogP contribution in [0.3, 0.4) is 0 Å². The molecule has 6 atom stereocenters. The van der Waals surface area contributed by atoms with Crippen LogP contribution in [0, 0.1) is 33.8 Å². The summed E-state index contributed by atoms with van der Waals surface area (Å²) in [4.78, 5) is 13.3. The molecule has 0 spiro atoms. The lowest BCUT2D eigenvalue weighted by atomic mass is 9.71. The summed E-state index contributed by atoms with van der Waals surface area (Å²) in [6.45, 7) is 3.19. The number of anilines is 1. The van der Waals surface area contributed by atoms with E-state index in [2.05, 4.69) is 27.3 Å². The van der Waals surface area contributed by atoms with Crippen LogP contribution in [0.4, 0.5) is 11.4 Å². The first-order valence-corrected chi connectivity index (χ1v) is 10.2. The van der Waals surface area contributed by atoms with Crippen molar-refractivity contribution in [2.24, 2.45) is 34.0 Å². The first-order chi connectivity index (χ1) is 13.7. The van der Waals surface area contributed by atoms with Gasteiger partial charge in [0.05, 0.1) is 23.8 Å². The number of nitro groups is 1. The van der Waals surface area contributed by atoms with Crippen LogP contribution in [0.1, 0.15) is 12.8 Å². The highest BCUT2D eigenvalue weighted by molar-refractivity contribution is 5.55. The number of fused-ring (bicyclic) bond motifs is 8. The molecule has 2 bridgehead atoms. The Kier molecular flexibility index (Phi) is 3.47. The van der Waals surface area contributed by atoms with Crippen LogP contribution in [-0.4, -0.2) is 47.8 Å². The van der Waals surface area contributed by atoms with E-state index in [0.29, 0.717) is 23.7 Å². The van der Waals surface area contributed by atoms with Crippen molar-refractivity contribution in [1.82, 2.24) is 4.90 Å². The van der Waals surface area contributed by atoms with Gasteiger partial charge in [0.15, 0.2) is 0 Å². The van der Waals surface area contributed by atoms with Crippen LogP contribution in [0.15, 0.2) is 46.8 Å². The smallest absolute Gasteiger partial charge is 0.269 e. The number of nitrogens with zero attached hydrogens (tertiary/aromatic N) is 5. The van der Waals surface area contributed by atoms with Crippen molar-refractivity contribution in [3.8, 4) is 0 Å². The molecule has 0 aromatic heterocycles. The molecule has 6 rings (SSSR count). The Morgan fingerprint density at radius 2 is 1.96 bits per heavy atom. The summed E-state index contributed by atoms with van der Waals surface area (Å²) >= 11 is 0. The molecule has 0 radical (unpaired) electrons. The molecule has 146 valence electrons. The van der Waals surface area contributed by atoms with Crippen LogP contribution in [0.5, 0.6) is 0 Å². The van der Waals surface area contributed by atoms with Gasteiger partial charge in [-0.1, -0.05) is 17.4 Å². The lowest BCUT2D eigenvalue weighted by molar-refractivity contribution is -0.384. The van der Waals surface area contributed by atoms with Crippen molar-refractivity contribution in [1.29, 1.82) is 0 Å². The maximum atomic E-state index is 11.1. The fraction of sp³-hybridized carbons (Fsp3) is 0.600. The molecule has 3 aliphatic carbocycles. The maximum absolute atomic E-state index is 11.1. The Labute approximate surface area is 163 Å². The second-order valence-corrected chi connectivity index (χ2v) is 8.53. The summed E-state index contributed by atoms with van der Waals surface area (Å²) in [6.07, 6.45) is 7.11. The van der Waals surface area contributed by atoms with Crippen molar-refractivity contribution < 1.29 is 9.66 Å². The molecule has 5 aliphatic rings. The molecular weight excluding hydrogens is 358 g/mol. The van der Waals surface area contributed by atoms with E-state index in [0.717, 1.165) is 38.4 Å². The summed E-state index contributed by atoms with van der Waals surface area (Å²) in [6, 6.07) is 6.92. The van der Waals surface area contributed by atoms with Gasteiger partial charge in [-0.3, -0.25) is 15.0 Å². The first kappa shape index (κ1) is 16.6. The number of non-ortho nitro benzene ring substituents is 1. The van der Waals surface area contributed by atoms with E-state index in [1.54, 1.807) is 12.1 Å². The van der Waals surface area contributed by atoms with Gasteiger partial charge in [0.1, 0.15) is 11.7 Å². The van der Waals surface area contributed by atoms with Gasteiger partial charge in [0.2, 0.25) is 0 Å². The standard InChI is InChI=1S/C20H23N5O3/c26-25(27)14-6-4-13(5-7-14)24-20(23-8-10-28-11-9-23)18-12-17(19(20)21-22-24)15-2-1-3-16(15)18/h1,3-7,15-19H,2,8-12H2/t15-,16-,17-,18+,19-,20-/m0/s1. The Morgan fingerprint density at radius 3 is 2.71 bits per heavy atom. The topological polar surface area (TPSA) is 83.6 Å². The number of hydrogen-bond donors (Lipinski definition) is 0. The molecule has 0 amide bonds. The summed E-state index contributed by atoms with van der Waals surface area (Å²) < 4.78 is 5.64. The van der Waals surface area contributed by atoms with Crippen molar-refractivity contribution in [3.63, 3.8) is 0 Å².